The summed E-state index contributed by atoms with van der Waals surface area (Å²) in [5, 5.41) is 2.88. The lowest BCUT2D eigenvalue weighted by Crippen LogP contribution is -2.10. The van der Waals surface area contributed by atoms with Gasteiger partial charge in [-0.05, 0) is 42.8 Å². The molecule has 0 fully saturated rings. The Kier molecular flexibility index (Phi) is 7.54. The summed E-state index contributed by atoms with van der Waals surface area (Å²) >= 11 is 1.48. The molecule has 0 saturated heterocycles. The number of methoxy groups -OCH3 is 1. The number of nitrogens with one attached hydrogen (secondary N) is 1. The number of carbonyl (C=O) groups is 2. The second-order valence-electron chi connectivity index (χ2n) is 5.62. The Morgan fingerprint density at radius 3 is 2.56 bits per heavy atom. The van der Waals surface area contributed by atoms with Crippen LogP contribution in [0.25, 0.3) is 0 Å². The molecule has 0 spiro atoms. The molecule has 5 heteroatoms. The van der Waals surface area contributed by atoms with E-state index in [-0.39, 0.29) is 11.7 Å². The van der Waals surface area contributed by atoms with E-state index < -0.39 is 0 Å². The maximum absolute atomic E-state index is 12.3. The van der Waals surface area contributed by atoms with Gasteiger partial charge >= 0.3 is 0 Å². The summed E-state index contributed by atoms with van der Waals surface area (Å²) in [7, 11) is 1.58. The van der Waals surface area contributed by atoms with Crippen LogP contribution in [0.2, 0.25) is 0 Å². The average molecular weight is 357 g/mol. The Balaban J connectivity index is 1.86. The number of hydrogen-bond donors (Lipinski definition) is 1. The van der Waals surface area contributed by atoms with E-state index in [1.165, 1.54) is 11.8 Å². The Labute approximate surface area is 153 Å². The molecule has 2 rings (SSSR count). The number of unbranched alkanes of at least 4 members (excludes halogenated alkanes) is 1. The molecule has 2 aromatic carbocycles. The van der Waals surface area contributed by atoms with Crippen LogP contribution in [-0.4, -0.2) is 24.6 Å². The monoisotopic (exact) mass is 357 g/mol. The molecular formula is C20H23NO3S. The molecule has 0 radical (unpaired) electrons. The van der Waals surface area contributed by atoms with Gasteiger partial charge in [-0.15, -0.1) is 11.8 Å². The van der Waals surface area contributed by atoms with Crippen molar-refractivity contribution in [2.75, 3.05) is 18.2 Å². The summed E-state index contributed by atoms with van der Waals surface area (Å²) in [6, 6.07) is 14.7. The molecule has 2 aromatic rings. The highest BCUT2D eigenvalue weighted by Gasteiger charge is 2.08. The van der Waals surface area contributed by atoms with Crippen LogP contribution in [0.5, 0.6) is 5.75 Å². The fourth-order valence-electron chi connectivity index (χ4n) is 2.22. The van der Waals surface area contributed by atoms with Gasteiger partial charge in [-0.3, -0.25) is 9.59 Å². The van der Waals surface area contributed by atoms with Crippen LogP contribution < -0.4 is 10.1 Å². The van der Waals surface area contributed by atoms with Crippen LogP contribution in [0.1, 0.15) is 36.5 Å². The van der Waals surface area contributed by atoms with Gasteiger partial charge in [-0.1, -0.05) is 25.5 Å². The highest BCUT2D eigenvalue weighted by molar-refractivity contribution is 8.00. The number of benzene rings is 2. The first-order valence-corrected chi connectivity index (χ1v) is 9.31. The lowest BCUT2D eigenvalue weighted by Gasteiger charge is -2.07. The molecule has 132 valence electrons. The summed E-state index contributed by atoms with van der Waals surface area (Å²) in [6.45, 7) is 2.06. The number of rotatable bonds is 9. The maximum Gasteiger partial charge on any atom is 0.224 e. The van der Waals surface area contributed by atoms with Crippen molar-refractivity contribution in [3.05, 3.63) is 54.1 Å². The largest absolute Gasteiger partial charge is 0.497 e. The minimum atomic E-state index is 0.0375. The van der Waals surface area contributed by atoms with Crippen LogP contribution in [0.4, 0.5) is 5.69 Å². The third-order valence-corrected chi connectivity index (χ3v) is 4.67. The van der Waals surface area contributed by atoms with Gasteiger partial charge < -0.3 is 10.1 Å². The zero-order valence-electron chi connectivity index (χ0n) is 14.6. The molecule has 1 amide bonds. The van der Waals surface area contributed by atoms with Gasteiger partial charge in [0.05, 0.1) is 12.9 Å². The van der Waals surface area contributed by atoms with Crippen molar-refractivity contribution in [2.24, 2.45) is 0 Å². The summed E-state index contributed by atoms with van der Waals surface area (Å²) in [5.41, 5.74) is 1.43. The second kappa shape index (κ2) is 9.89. The Morgan fingerprint density at radius 1 is 1.12 bits per heavy atom. The molecule has 0 atom stereocenters. The number of ether oxygens (including phenoxy) is 1. The smallest absolute Gasteiger partial charge is 0.224 e. The van der Waals surface area contributed by atoms with Crippen LogP contribution in [0, 0.1) is 0 Å². The zero-order valence-corrected chi connectivity index (χ0v) is 15.4. The molecule has 25 heavy (non-hydrogen) atoms. The van der Waals surface area contributed by atoms with Gasteiger partial charge in [0.1, 0.15) is 5.75 Å². The molecule has 0 aromatic heterocycles. The molecule has 0 saturated carbocycles. The molecule has 1 N–H and O–H groups in total. The number of amides is 1. The molecule has 0 unspecified atom stereocenters. The predicted molar refractivity (Wildman–Crippen MR) is 103 cm³/mol. The molecular weight excluding hydrogens is 334 g/mol. The van der Waals surface area contributed by atoms with E-state index in [9.17, 15) is 9.59 Å². The van der Waals surface area contributed by atoms with Crippen molar-refractivity contribution < 1.29 is 14.3 Å². The van der Waals surface area contributed by atoms with Crippen molar-refractivity contribution in [1.29, 1.82) is 0 Å². The van der Waals surface area contributed by atoms with E-state index in [2.05, 4.69) is 12.2 Å². The van der Waals surface area contributed by atoms with Gasteiger partial charge in [-0.25, -0.2) is 0 Å². The van der Waals surface area contributed by atoms with E-state index in [0.717, 1.165) is 23.4 Å². The molecule has 0 aliphatic carbocycles. The van der Waals surface area contributed by atoms with E-state index >= 15 is 0 Å². The summed E-state index contributed by atoms with van der Waals surface area (Å²) in [5.74, 6) is 1.13. The minimum Gasteiger partial charge on any atom is -0.497 e. The van der Waals surface area contributed by atoms with Gasteiger partial charge in [0.2, 0.25) is 5.91 Å². The predicted octanol–water partition coefficient (Wildman–Crippen LogP) is 4.80. The number of Topliss-reactive ketones (excluding diaryl/α,β-unsaturated/α-hetero) is 1. The fourth-order valence-corrected chi connectivity index (χ4v) is 3.02. The first-order valence-electron chi connectivity index (χ1n) is 8.32. The van der Waals surface area contributed by atoms with Crippen molar-refractivity contribution >= 4 is 29.1 Å². The van der Waals surface area contributed by atoms with Crippen LogP contribution >= 0.6 is 11.8 Å². The molecule has 0 aliphatic rings. The lowest BCUT2D eigenvalue weighted by atomic mass is 10.1. The number of anilines is 1. The van der Waals surface area contributed by atoms with E-state index in [1.54, 1.807) is 19.2 Å². The standard InChI is InChI=1S/C20H23NO3S/c1-3-4-8-20(23)21-16-9-11-18(12-10-16)25-14-19(22)15-6-5-7-17(13-15)24-2/h5-7,9-13H,3-4,8,14H2,1-2H3,(H,21,23). The number of ketones is 1. The Bertz CT molecular complexity index is 713. The molecule has 4 nitrogen and oxygen atoms in total. The van der Waals surface area contributed by atoms with E-state index in [1.807, 2.05) is 36.4 Å². The lowest BCUT2D eigenvalue weighted by molar-refractivity contribution is -0.116. The van der Waals surface area contributed by atoms with Gasteiger partial charge in [0, 0.05) is 22.6 Å². The van der Waals surface area contributed by atoms with Crippen molar-refractivity contribution in [2.45, 2.75) is 31.1 Å². The highest BCUT2D eigenvalue weighted by atomic mass is 32.2. The quantitative estimate of drug-likeness (QED) is 0.517. The summed E-state index contributed by atoms with van der Waals surface area (Å²) in [6.07, 6.45) is 2.44. The van der Waals surface area contributed by atoms with E-state index in [0.29, 0.717) is 23.5 Å². The second-order valence-corrected chi connectivity index (χ2v) is 6.67. The minimum absolute atomic E-state index is 0.0375. The SMILES string of the molecule is CCCCC(=O)Nc1ccc(SCC(=O)c2cccc(OC)c2)cc1. The Hall–Kier alpha value is -2.27. The maximum atomic E-state index is 12.3. The van der Waals surface area contributed by atoms with Crippen molar-refractivity contribution in [1.82, 2.24) is 0 Å². The van der Waals surface area contributed by atoms with E-state index in [4.69, 9.17) is 4.74 Å². The van der Waals surface area contributed by atoms with Crippen LogP contribution in [0.3, 0.4) is 0 Å². The van der Waals surface area contributed by atoms with Gasteiger partial charge in [0.15, 0.2) is 5.78 Å². The van der Waals surface area contributed by atoms with Crippen LogP contribution in [-0.2, 0) is 4.79 Å². The number of thioether (sulfide) groups is 1. The third-order valence-electron chi connectivity index (χ3n) is 3.66. The number of carbonyl (C=O) groups excluding carboxylic acids is 2. The number of hydrogen-bond acceptors (Lipinski definition) is 4. The fraction of sp³-hybridized carbons (Fsp3) is 0.300. The highest BCUT2D eigenvalue weighted by Crippen LogP contribution is 2.22. The van der Waals surface area contributed by atoms with Gasteiger partial charge in [-0.2, -0.15) is 0 Å². The zero-order chi connectivity index (χ0) is 18.1. The third kappa shape index (κ3) is 6.27. The molecule has 0 aliphatic heterocycles. The topological polar surface area (TPSA) is 55.4 Å². The summed E-state index contributed by atoms with van der Waals surface area (Å²) < 4.78 is 5.14. The first-order chi connectivity index (χ1) is 12.1. The average Bonchev–Trinajstić information content (AvgIpc) is 2.65. The summed E-state index contributed by atoms with van der Waals surface area (Å²) in [4.78, 5) is 25.0. The van der Waals surface area contributed by atoms with Crippen LogP contribution in [0.15, 0.2) is 53.4 Å². The van der Waals surface area contributed by atoms with Gasteiger partial charge in [0.25, 0.3) is 0 Å². The van der Waals surface area contributed by atoms with Crippen molar-refractivity contribution in [3.63, 3.8) is 0 Å². The van der Waals surface area contributed by atoms with Crippen molar-refractivity contribution in [3.8, 4) is 5.75 Å². The Morgan fingerprint density at radius 2 is 1.88 bits per heavy atom. The first kappa shape index (κ1) is 19.1. The molecule has 0 heterocycles. The normalized spacial score (nSPS) is 10.3. The molecule has 0 bridgehead atoms.